The molecule has 0 saturated heterocycles. The van der Waals surface area contributed by atoms with Crippen molar-refractivity contribution in [1.29, 1.82) is 0 Å². The van der Waals surface area contributed by atoms with Crippen molar-refractivity contribution < 1.29 is 29.3 Å². The van der Waals surface area contributed by atoms with Crippen molar-refractivity contribution in [2.45, 2.75) is 31.9 Å². The van der Waals surface area contributed by atoms with Crippen LogP contribution in [0, 0.1) is 6.92 Å². The fraction of sp³-hybridized carbons (Fsp3) is 0.280. The molecule has 10 heteroatoms. The van der Waals surface area contributed by atoms with Gasteiger partial charge in [-0.25, -0.2) is 14.6 Å². The number of amides is 2. The molecule has 1 heterocycles. The van der Waals surface area contributed by atoms with E-state index in [9.17, 15) is 19.5 Å². The Morgan fingerprint density at radius 3 is 2.29 bits per heavy atom. The molecule has 3 aromatic rings. The molecule has 0 saturated carbocycles. The second-order valence-corrected chi connectivity index (χ2v) is 9.45. The number of benzene rings is 2. The predicted molar refractivity (Wildman–Crippen MR) is 129 cm³/mol. The monoisotopic (exact) mass is 495 g/mol. The highest BCUT2D eigenvalue weighted by Gasteiger charge is 2.29. The first kappa shape index (κ1) is 24.4. The number of aliphatic hydroxyl groups excluding tert-OH is 1. The lowest BCUT2D eigenvalue weighted by atomic mass is 9.98. The molecular weight excluding hydrogens is 470 g/mol. The number of carbonyl (C=O) groups excluding carboxylic acids is 2. The highest BCUT2D eigenvalue weighted by atomic mass is 32.1. The molecule has 182 valence electrons. The molecule has 0 fully saturated rings. The van der Waals surface area contributed by atoms with Crippen LogP contribution in [0.5, 0.6) is 0 Å². The molecule has 1 aliphatic carbocycles. The number of fused-ring (bicyclic) bond motifs is 3. The summed E-state index contributed by atoms with van der Waals surface area (Å²) in [6, 6.07) is 16.0. The van der Waals surface area contributed by atoms with Crippen LogP contribution in [-0.4, -0.2) is 52.4 Å². The summed E-state index contributed by atoms with van der Waals surface area (Å²) >= 11 is 1.18. The van der Waals surface area contributed by atoms with Crippen molar-refractivity contribution in [2.24, 2.45) is 0 Å². The minimum atomic E-state index is -1.12. The van der Waals surface area contributed by atoms with E-state index in [2.05, 4.69) is 27.8 Å². The van der Waals surface area contributed by atoms with E-state index in [0.29, 0.717) is 9.88 Å². The number of hydrogen-bond donors (Lipinski definition) is 4. The number of alkyl carbamates (subject to hydrolysis) is 1. The standard InChI is InChI=1S/C25H25N3O6S/c1-14-23(24(31)32)28-22(35-14)12-26-21(30)10-15(29)11-27-25(33)34-13-20-18-8-4-2-6-16(18)17-7-3-5-9-19(17)20/h2-9,15,20,29H,10-13H2,1H3,(H,26,30)(H,27,33)(H,31,32). The largest absolute Gasteiger partial charge is 0.476 e. The molecule has 0 radical (unpaired) electrons. The Balaban J connectivity index is 1.21. The quantitative estimate of drug-likeness (QED) is 0.358. The molecule has 2 aromatic carbocycles. The van der Waals surface area contributed by atoms with Crippen LogP contribution in [0.15, 0.2) is 48.5 Å². The molecular formula is C25H25N3O6S. The van der Waals surface area contributed by atoms with Gasteiger partial charge in [0.1, 0.15) is 11.6 Å². The van der Waals surface area contributed by atoms with E-state index >= 15 is 0 Å². The van der Waals surface area contributed by atoms with Crippen molar-refractivity contribution in [2.75, 3.05) is 13.2 Å². The molecule has 1 atom stereocenters. The van der Waals surface area contributed by atoms with E-state index in [1.807, 2.05) is 36.4 Å². The summed E-state index contributed by atoms with van der Waals surface area (Å²) in [7, 11) is 0. The lowest BCUT2D eigenvalue weighted by molar-refractivity contribution is -0.123. The van der Waals surface area contributed by atoms with Gasteiger partial charge in [-0.1, -0.05) is 48.5 Å². The third kappa shape index (κ3) is 5.67. The molecule has 1 aliphatic rings. The SMILES string of the molecule is Cc1sc(CNC(=O)CC(O)CNC(=O)OCC2c3ccccc3-c3ccccc32)nc1C(=O)O. The Kier molecular flexibility index (Phi) is 7.42. The zero-order valence-electron chi connectivity index (χ0n) is 19.0. The van der Waals surface area contributed by atoms with Crippen molar-refractivity contribution >= 4 is 29.3 Å². The molecule has 35 heavy (non-hydrogen) atoms. The minimum Gasteiger partial charge on any atom is -0.476 e. The van der Waals surface area contributed by atoms with Gasteiger partial charge in [-0.05, 0) is 29.2 Å². The summed E-state index contributed by atoms with van der Waals surface area (Å²) in [6.07, 6.45) is -2.02. The molecule has 4 rings (SSSR count). The molecule has 0 spiro atoms. The number of aliphatic hydroxyl groups is 1. The number of aromatic nitrogens is 1. The molecule has 1 aromatic heterocycles. The first-order chi connectivity index (χ1) is 16.8. The molecule has 9 nitrogen and oxygen atoms in total. The second-order valence-electron chi connectivity index (χ2n) is 8.16. The van der Waals surface area contributed by atoms with Crippen LogP contribution in [0.1, 0.15) is 43.8 Å². The number of aryl methyl sites for hydroxylation is 1. The van der Waals surface area contributed by atoms with Gasteiger partial charge in [-0.2, -0.15) is 0 Å². The van der Waals surface area contributed by atoms with Crippen molar-refractivity contribution in [3.8, 4) is 11.1 Å². The Morgan fingerprint density at radius 1 is 1.06 bits per heavy atom. The Morgan fingerprint density at radius 2 is 1.69 bits per heavy atom. The summed E-state index contributed by atoms with van der Waals surface area (Å²) in [5.41, 5.74) is 4.43. The average molecular weight is 496 g/mol. The lowest BCUT2D eigenvalue weighted by Gasteiger charge is -2.16. The number of nitrogens with one attached hydrogen (secondary N) is 2. The van der Waals surface area contributed by atoms with E-state index in [4.69, 9.17) is 9.84 Å². The van der Waals surface area contributed by atoms with Gasteiger partial charge in [-0.15, -0.1) is 11.3 Å². The zero-order chi connectivity index (χ0) is 24.9. The summed E-state index contributed by atoms with van der Waals surface area (Å²) in [4.78, 5) is 39.9. The Hall–Kier alpha value is -3.76. The normalized spacial score (nSPS) is 13.0. The average Bonchev–Trinajstić information content (AvgIpc) is 3.38. The smallest absolute Gasteiger partial charge is 0.407 e. The Bertz CT molecular complexity index is 1210. The molecule has 2 amide bonds. The van der Waals surface area contributed by atoms with Crippen LogP contribution < -0.4 is 10.6 Å². The van der Waals surface area contributed by atoms with Crippen LogP contribution >= 0.6 is 11.3 Å². The number of carbonyl (C=O) groups is 3. The second kappa shape index (κ2) is 10.7. The van der Waals surface area contributed by atoms with Gasteiger partial charge in [0, 0.05) is 17.3 Å². The molecule has 1 unspecified atom stereocenters. The van der Waals surface area contributed by atoms with Gasteiger partial charge in [0.05, 0.1) is 19.1 Å². The summed E-state index contributed by atoms with van der Waals surface area (Å²) in [6.45, 7) is 1.71. The number of carboxylic acids is 1. The highest BCUT2D eigenvalue weighted by molar-refractivity contribution is 7.11. The minimum absolute atomic E-state index is 0.0356. The first-order valence-corrected chi connectivity index (χ1v) is 11.9. The maximum absolute atomic E-state index is 12.2. The van der Waals surface area contributed by atoms with Crippen LogP contribution in [0.25, 0.3) is 11.1 Å². The van der Waals surface area contributed by atoms with Crippen molar-refractivity contribution in [3.05, 3.63) is 75.2 Å². The van der Waals surface area contributed by atoms with E-state index in [1.54, 1.807) is 6.92 Å². The topological polar surface area (TPSA) is 138 Å². The van der Waals surface area contributed by atoms with Gasteiger partial charge in [0.25, 0.3) is 0 Å². The number of aromatic carboxylic acids is 1. The molecule has 0 bridgehead atoms. The fourth-order valence-electron chi connectivity index (χ4n) is 4.11. The molecule has 0 aliphatic heterocycles. The van der Waals surface area contributed by atoms with Crippen LogP contribution in [0.4, 0.5) is 4.79 Å². The van der Waals surface area contributed by atoms with E-state index in [1.165, 1.54) is 11.3 Å². The predicted octanol–water partition coefficient (Wildman–Crippen LogP) is 3.06. The first-order valence-electron chi connectivity index (χ1n) is 11.1. The van der Waals surface area contributed by atoms with Crippen LogP contribution in [-0.2, 0) is 16.1 Å². The van der Waals surface area contributed by atoms with Gasteiger partial charge in [0.15, 0.2) is 5.69 Å². The van der Waals surface area contributed by atoms with Gasteiger partial charge in [0.2, 0.25) is 5.91 Å². The number of carboxylic acid groups (broad SMARTS) is 1. The Labute approximate surface area is 205 Å². The number of thiazole rings is 1. The lowest BCUT2D eigenvalue weighted by Crippen LogP contribution is -2.36. The maximum atomic E-state index is 12.2. The third-order valence-corrected chi connectivity index (χ3v) is 6.70. The third-order valence-electron chi connectivity index (χ3n) is 5.73. The van der Waals surface area contributed by atoms with Gasteiger partial charge >= 0.3 is 12.1 Å². The number of nitrogens with zero attached hydrogens (tertiary/aromatic N) is 1. The highest BCUT2D eigenvalue weighted by Crippen LogP contribution is 2.44. The summed E-state index contributed by atoms with van der Waals surface area (Å²) in [5, 5.41) is 24.7. The fourth-order valence-corrected chi connectivity index (χ4v) is 4.97. The van der Waals surface area contributed by atoms with E-state index < -0.39 is 24.1 Å². The van der Waals surface area contributed by atoms with Crippen LogP contribution in [0.2, 0.25) is 0 Å². The maximum Gasteiger partial charge on any atom is 0.407 e. The number of ether oxygens (including phenoxy) is 1. The van der Waals surface area contributed by atoms with E-state index in [0.717, 1.165) is 22.3 Å². The van der Waals surface area contributed by atoms with E-state index in [-0.39, 0.29) is 37.7 Å². The number of rotatable bonds is 9. The van der Waals surface area contributed by atoms with Crippen molar-refractivity contribution in [3.63, 3.8) is 0 Å². The summed E-state index contributed by atoms with van der Waals surface area (Å²) < 4.78 is 5.42. The zero-order valence-corrected chi connectivity index (χ0v) is 19.8. The van der Waals surface area contributed by atoms with Crippen LogP contribution in [0.3, 0.4) is 0 Å². The van der Waals surface area contributed by atoms with Gasteiger partial charge in [-0.3, -0.25) is 4.79 Å². The molecule has 4 N–H and O–H groups in total. The van der Waals surface area contributed by atoms with Crippen molar-refractivity contribution in [1.82, 2.24) is 15.6 Å². The number of hydrogen-bond acceptors (Lipinski definition) is 7. The van der Waals surface area contributed by atoms with Gasteiger partial charge < -0.3 is 25.6 Å². The summed E-state index contributed by atoms with van der Waals surface area (Å²) in [5.74, 6) is -1.64.